The van der Waals surface area contributed by atoms with Crippen LogP contribution in [-0.4, -0.2) is 57.5 Å². The second-order valence-corrected chi connectivity index (χ2v) is 5.91. The molecule has 0 aromatic carbocycles. The highest BCUT2D eigenvalue weighted by atomic mass is 16.4. The number of carboxylic acids is 1. The molecule has 3 fully saturated rings. The van der Waals surface area contributed by atoms with E-state index >= 15 is 0 Å². The number of carbonyl (C=O) groups is 2. The van der Waals surface area contributed by atoms with Gasteiger partial charge in [-0.05, 0) is 32.1 Å². The zero-order valence-corrected chi connectivity index (χ0v) is 10.8. The van der Waals surface area contributed by atoms with Gasteiger partial charge in [-0.2, -0.15) is 0 Å². The molecule has 3 rings (SSSR count). The molecule has 1 atom stereocenters. The van der Waals surface area contributed by atoms with Gasteiger partial charge >= 0.3 is 5.97 Å². The van der Waals surface area contributed by atoms with Crippen LogP contribution < -0.4 is 0 Å². The van der Waals surface area contributed by atoms with Crippen molar-refractivity contribution in [2.45, 2.75) is 56.7 Å². The average molecular weight is 252 g/mol. The fourth-order valence-corrected chi connectivity index (χ4v) is 3.29. The second-order valence-electron chi connectivity index (χ2n) is 5.91. The molecule has 1 aliphatic heterocycles. The Labute approximate surface area is 107 Å². The molecule has 1 saturated heterocycles. The van der Waals surface area contributed by atoms with E-state index in [0.29, 0.717) is 19.0 Å². The molecule has 0 spiro atoms. The first-order chi connectivity index (χ1) is 8.54. The van der Waals surface area contributed by atoms with E-state index in [4.69, 9.17) is 0 Å². The van der Waals surface area contributed by atoms with Crippen molar-refractivity contribution < 1.29 is 14.7 Å². The smallest absolute Gasteiger partial charge is 0.331 e. The van der Waals surface area contributed by atoms with E-state index in [9.17, 15) is 14.7 Å². The first kappa shape index (κ1) is 12.0. The lowest BCUT2D eigenvalue weighted by Gasteiger charge is -2.37. The van der Waals surface area contributed by atoms with Gasteiger partial charge < -0.3 is 10.0 Å². The van der Waals surface area contributed by atoms with Crippen LogP contribution in [0.4, 0.5) is 0 Å². The van der Waals surface area contributed by atoms with E-state index in [0.717, 1.165) is 19.4 Å². The van der Waals surface area contributed by atoms with Crippen LogP contribution in [0, 0.1) is 0 Å². The second kappa shape index (κ2) is 3.95. The van der Waals surface area contributed by atoms with Crippen LogP contribution in [0.2, 0.25) is 0 Å². The van der Waals surface area contributed by atoms with Gasteiger partial charge in [-0.3, -0.25) is 9.69 Å². The van der Waals surface area contributed by atoms with E-state index in [-0.39, 0.29) is 11.9 Å². The van der Waals surface area contributed by atoms with Crippen LogP contribution in [0.25, 0.3) is 0 Å². The Hall–Kier alpha value is -1.10. The van der Waals surface area contributed by atoms with Crippen molar-refractivity contribution in [1.29, 1.82) is 0 Å². The molecule has 1 amide bonds. The predicted octanol–water partition coefficient (Wildman–Crippen LogP) is 0.689. The molecule has 0 aromatic rings. The first-order valence-electron chi connectivity index (χ1n) is 6.82. The van der Waals surface area contributed by atoms with Gasteiger partial charge in [0, 0.05) is 32.1 Å². The van der Waals surface area contributed by atoms with E-state index in [1.54, 1.807) is 4.90 Å². The fraction of sp³-hybridized carbons (Fsp3) is 0.846. The summed E-state index contributed by atoms with van der Waals surface area (Å²) in [6.45, 7) is 2.83. The van der Waals surface area contributed by atoms with Crippen LogP contribution in [0.15, 0.2) is 0 Å². The normalized spacial score (nSPS) is 32.5. The van der Waals surface area contributed by atoms with Crippen molar-refractivity contribution in [3.8, 4) is 0 Å². The number of nitrogens with zero attached hydrogens (tertiary/aromatic N) is 2. The number of hydrogen-bond acceptors (Lipinski definition) is 3. The summed E-state index contributed by atoms with van der Waals surface area (Å²) in [5, 5.41) is 9.66. The van der Waals surface area contributed by atoms with Crippen molar-refractivity contribution in [2.24, 2.45) is 0 Å². The van der Waals surface area contributed by atoms with Gasteiger partial charge in [-0.25, -0.2) is 4.79 Å². The Kier molecular flexibility index (Phi) is 2.62. The number of carbonyl (C=O) groups excluding carboxylic acids is 1. The van der Waals surface area contributed by atoms with Crippen LogP contribution in [0.3, 0.4) is 0 Å². The van der Waals surface area contributed by atoms with Gasteiger partial charge in [0.25, 0.3) is 0 Å². The maximum Gasteiger partial charge on any atom is 0.331 e. The summed E-state index contributed by atoms with van der Waals surface area (Å²) in [6.07, 6.45) is 4.85. The molecule has 2 saturated carbocycles. The maximum absolute atomic E-state index is 11.9. The van der Waals surface area contributed by atoms with Crippen molar-refractivity contribution >= 4 is 11.9 Å². The Morgan fingerprint density at radius 2 is 1.94 bits per heavy atom. The number of likely N-dealkylation sites (tertiary alicyclic amines) is 1. The molecule has 1 heterocycles. The van der Waals surface area contributed by atoms with Crippen LogP contribution >= 0.6 is 0 Å². The van der Waals surface area contributed by atoms with Crippen molar-refractivity contribution in [1.82, 2.24) is 9.80 Å². The fourth-order valence-electron chi connectivity index (χ4n) is 3.29. The molecule has 2 aliphatic carbocycles. The standard InChI is InChI=1S/C13H20N2O3/c1-9(16)15(11-4-5-11)13(12(17)18)6-7-14(8-13)10-2-3-10/h10-11H,2-8H2,1H3,(H,17,18). The minimum Gasteiger partial charge on any atom is -0.479 e. The lowest BCUT2D eigenvalue weighted by atomic mass is 9.95. The molecule has 18 heavy (non-hydrogen) atoms. The van der Waals surface area contributed by atoms with Crippen molar-refractivity contribution in [3.05, 3.63) is 0 Å². The highest BCUT2D eigenvalue weighted by Gasteiger charge is 2.56. The third kappa shape index (κ3) is 1.81. The van der Waals surface area contributed by atoms with E-state index in [1.165, 1.54) is 19.8 Å². The topological polar surface area (TPSA) is 60.9 Å². The Morgan fingerprint density at radius 3 is 2.39 bits per heavy atom. The summed E-state index contributed by atoms with van der Waals surface area (Å²) >= 11 is 0. The molecular weight excluding hydrogens is 232 g/mol. The summed E-state index contributed by atoms with van der Waals surface area (Å²) in [6, 6.07) is 0.733. The zero-order chi connectivity index (χ0) is 12.9. The van der Waals surface area contributed by atoms with Crippen molar-refractivity contribution in [2.75, 3.05) is 13.1 Å². The quantitative estimate of drug-likeness (QED) is 0.799. The number of amides is 1. The molecular formula is C13H20N2O3. The van der Waals surface area contributed by atoms with Gasteiger partial charge in [0.15, 0.2) is 5.54 Å². The third-order valence-electron chi connectivity index (χ3n) is 4.45. The zero-order valence-electron chi connectivity index (χ0n) is 10.8. The summed E-state index contributed by atoms with van der Waals surface area (Å²) in [4.78, 5) is 27.5. The van der Waals surface area contributed by atoms with Gasteiger partial charge in [-0.1, -0.05) is 0 Å². The number of carboxylic acid groups (broad SMARTS) is 1. The maximum atomic E-state index is 11.9. The molecule has 5 nitrogen and oxygen atoms in total. The number of rotatable bonds is 4. The van der Waals surface area contributed by atoms with Gasteiger partial charge in [-0.15, -0.1) is 0 Å². The van der Waals surface area contributed by atoms with Crippen LogP contribution in [0.1, 0.15) is 39.0 Å². The molecule has 0 bridgehead atoms. The lowest BCUT2D eigenvalue weighted by Crippen LogP contribution is -2.59. The molecule has 1 N–H and O–H groups in total. The summed E-state index contributed by atoms with van der Waals surface area (Å²) < 4.78 is 0. The third-order valence-corrected chi connectivity index (χ3v) is 4.45. The molecule has 3 aliphatic rings. The Balaban J connectivity index is 1.86. The Bertz CT molecular complexity index is 390. The van der Waals surface area contributed by atoms with E-state index in [1.807, 2.05) is 0 Å². The van der Waals surface area contributed by atoms with Crippen molar-refractivity contribution in [3.63, 3.8) is 0 Å². The molecule has 0 radical (unpaired) electrons. The molecule has 5 heteroatoms. The van der Waals surface area contributed by atoms with Gasteiger partial charge in [0.05, 0.1) is 0 Å². The molecule has 1 unspecified atom stereocenters. The Morgan fingerprint density at radius 1 is 1.28 bits per heavy atom. The van der Waals surface area contributed by atoms with Crippen LogP contribution in [-0.2, 0) is 9.59 Å². The largest absolute Gasteiger partial charge is 0.479 e. The number of hydrogen-bond donors (Lipinski definition) is 1. The van der Waals surface area contributed by atoms with Gasteiger partial charge in [0.1, 0.15) is 0 Å². The first-order valence-corrected chi connectivity index (χ1v) is 6.82. The molecule has 0 aromatic heterocycles. The monoisotopic (exact) mass is 252 g/mol. The lowest BCUT2D eigenvalue weighted by molar-refractivity contribution is -0.158. The minimum atomic E-state index is -0.963. The highest BCUT2D eigenvalue weighted by Crippen LogP contribution is 2.41. The van der Waals surface area contributed by atoms with E-state index < -0.39 is 11.5 Å². The van der Waals surface area contributed by atoms with Crippen LogP contribution in [0.5, 0.6) is 0 Å². The van der Waals surface area contributed by atoms with Gasteiger partial charge in [0.2, 0.25) is 5.91 Å². The predicted molar refractivity (Wildman–Crippen MR) is 65.1 cm³/mol. The number of aliphatic carboxylic acids is 1. The summed E-state index contributed by atoms with van der Waals surface area (Å²) in [5.41, 5.74) is -0.963. The van der Waals surface area contributed by atoms with E-state index in [2.05, 4.69) is 4.90 Å². The SMILES string of the molecule is CC(=O)N(C1CC1)C1(C(=O)O)CCN(C2CC2)C1. The average Bonchev–Trinajstić information content (AvgIpc) is 3.18. The summed E-state index contributed by atoms with van der Waals surface area (Å²) in [5.74, 6) is -0.912. The highest BCUT2D eigenvalue weighted by molar-refractivity contribution is 5.87. The minimum absolute atomic E-state index is 0.0856. The molecule has 100 valence electrons. The summed E-state index contributed by atoms with van der Waals surface area (Å²) in [7, 11) is 0.